The molecular formula is C22H30N6O2. The summed E-state index contributed by atoms with van der Waals surface area (Å²) in [5.74, 6) is 0.644. The number of hydrogen-bond donors (Lipinski definition) is 1. The highest BCUT2D eigenvalue weighted by Crippen LogP contribution is 2.36. The molecule has 30 heavy (non-hydrogen) atoms. The van der Waals surface area contributed by atoms with Crippen LogP contribution in [0, 0.1) is 19.8 Å². The Morgan fingerprint density at radius 2 is 2.03 bits per heavy atom. The van der Waals surface area contributed by atoms with E-state index in [2.05, 4.69) is 27.2 Å². The topological polar surface area (TPSA) is 83.4 Å². The molecule has 2 aliphatic heterocycles. The third-order valence-corrected chi connectivity index (χ3v) is 6.34. The van der Waals surface area contributed by atoms with Gasteiger partial charge in [-0.2, -0.15) is 5.10 Å². The van der Waals surface area contributed by atoms with Crippen molar-refractivity contribution in [2.24, 2.45) is 5.92 Å². The van der Waals surface area contributed by atoms with Gasteiger partial charge in [-0.1, -0.05) is 6.92 Å². The molecule has 4 rings (SSSR count). The molecule has 2 aliphatic rings. The number of rotatable bonds is 4. The number of anilines is 1. The molecule has 8 nitrogen and oxygen atoms in total. The van der Waals surface area contributed by atoms with Crippen molar-refractivity contribution in [3.05, 3.63) is 41.3 Å². The molecular weight excluding hydrogens is 380 g/mol. The van der Waals surface area contributed by atoms with Crippen LogP contribution in [-0.4, -0.2) is 56.8 Å². The number of likely N-dealkylation sites (tertiary alicyclic amines) is 1. The summed E-state index contributed by atoms with van der Waals surface area (Å²) in [5.41, 5.74) is 2.16. The lowest BCUT2D eigenvalue weighted by atomic mass is 9.90. The molecule has 0 aliphatic carbocycles. The molecule has 2 aromatic rings. The van der Waals surface area contributed by atoms with Gasteiger partial charge in [0.05, 0.1) is 23.7 Å². The molecule has 1 spiro atoms. The minimum atomic E-state index is -0.483. The quantitative estimate of drug-likeness (QED) is 0.835. The minimum Gasteiger partial charge on any atom is -0.342 e. The maximum Gasteiger partial charge on any atom is 0.256 e. The highest BCUT2D eigenvalue weighted by Gasteiger charge is 2.46. The SMILES string of the molecule is CCN1c2ncccc2C(=O)NC12CCN(C(=O)[C@H](C)Cn1nc(C)cc1C)CC2. The fraction of sp³-hybridized carbons (Fsp3) is 0.545. The molecule has 1 atom stereocenters. The van der Waals surface area contributed by atoms with Gasteiger partial charge in [-0.15, -0.1) is 0 Å². The lowest BCUT2D eigenvalue weighted by Crippen LogP contribution is -2.68. The van der Waals surface area contributed by atoms with Gasteiger partial charge in [0.2, 0.25) is 5.91 Å². The van der Waals surface area contributed by atoms with E-state index < -0.39 is 5.66 Å². The highest BCUT2D eigenvalue weighted by molar-refractivity contribution is 6.01. The number of amides is 2. The van der Waals surface area contributed by atoms with E-state index in [0.29, 0.717) is 38.0 Å². The van der Waals surface area contributed by atoms with Gasteiger partial charge in [-0.25, -0.2) is 4.98 Å². The molecule has 8 heteroatoms. The van der Waals surface area contributed by atoms with Crippen LogP contribution in [-0.2, 0) is 11.3 Å². The lowest BCUT2D eigenvalue weighted by Gasteiger charge is -2.52. The second-order valence-corrected chi connectivity index (χ2v) is 8.44. The van der Waals surface area contributed by atoms with Gasteiger partial charge in [0, 0.05) is 44.4 Å². The van der Waals surface area contributed by atoms with E-state index in [1.807, 2.05) is 42.5 Å². The van der Waals surface area contributed by atoms with Gasteiger partial charge >= 0.3 is 0 Å². The molecule has 0 saturated carbocycles. The Hall–Kier alpha value is -2.90. The zero-order chi connectivity index (χ0) is 21.5. The summed E-state index contributed by atoms with van der Waals surface area (Å²) in [6.07, 6.45) is 3.09. The summed E-state index contributed by atoms with van der Waals surface area (Å²) >= 11 is 0. The largest absolute Gasteiger partial charge is 0.342 e. The molecule has 0 aromatic carbocycles. The van der Waals surface area contributed by atoms with Crippen LogP contribution in [0.25, 0.3) is 0 Å². The first-order chi connectivity index (χ1) is 14.3. The monoisotopic (exact) mass is 410 g/mol. The van der Waals surface area contributed by atoms with E-state index in [1.165, 1.54) is 0 Å². The first-order valence-corrected chi connectivity index (χ1v) is 10.7. The van der Waals surface area contributed by atoms with Crippen LogP contribution in [0.4, 0.5) is 5.82 Å². The van der Waals surface area contributed by atoms with Crippen LogP contribution in [0.15, 0.2) is 24.4 Å². The number of pyridine rings is 1. The van der Waals surface area contributed by atoms with Crippen LogP contribution >= 0.6 is 0 Å². The summed E-state index contributed by atoms with van der Waals surface area (Å²) < 4.78 is 1.91. The van der Waals surface area contributed by atoms with Crippen molar-refractivity contribution in [3.8, 4) is 0 Å². The van der Waals surface area contributed by atoms with Gasteiger partial charge < -0.3 is 15.1 Å². The molecule has 1 N–H and O–H groups in total. The van der Waals surface area contributed by atoms with Crippen LogP contribution in [0.2, 0.25) is 0 Å². The van der Waals surface area contributed by atoms with E-state index >= 15 is 0 Å². The number of nitrogens with one attached hydrogen (secondary N) is 1. The van der Waals surface area contributed by atoms with Gasteiger partial charge in [-0.05, 0) is 39.0 Å². The average molecular weight is 411 g/mol. The highest BCUT2D eigenvalue weighted by atomic mass is 16.2. The predicted molar refractivity (Wildman–Crippen MR) is 114 cm³/mol. The number of fused-ring (bicyclic) bond motifs is 1. The summed E-state index contributed by atoms with van der Waals surface area (Å²) in [4.78, 5) is 34.4. The number of hydrogen-bond acceptors (Lipinski definition) is 5. The smallest absolute Gasteiger partial charge is 0.256 e. The zero-order valence-electron chi connectivity index (χ0n) is 18.2. The maximum absolute atomic E-state index is 13.1. The molecule has 160 valence electrons. The van der Waals surface area contributed by atoms with Crippen molar-refractivity contribution < 1.29 is 9.59 Å². The number of carbonyl (C=O) groups is 2. The summed E-state index contributed by atoms with van der Waals surface area (Å²) in [5, 5.41) is 7.70. The third-order valence-electron chi connectivity index (χ3n) is 6.34. The molecule has 1 saturated heterocycles. The third kappa shape index (κ3) is 3.44. The fourth-order valence-electron chi connectivity index (χ4n) is 4.79. The van der Waals surface area contributed by atoms with Crippen LogP contribution in [0.1, 0.15) is 48.4 Å². The van der Waals surface area contributed by atoms with E-state index in [-0.39, 0.29) is 17.7 Å². The Morgan fingerprint density at radius 3 is 2.67 bits per heavy atom. The normalized spacial score (nSPS) is 18.9. The van der Waals surface area contributed by atoms with Crippen molar-refractivity contribution in [1.29, 1.82) is 0 Å². The van der Waals surface area contributed by atoms with Crippen LogP contribution < -0.4 is 10.2 Å². The maximum atomic E-state index is 13.1. The molecule has 0 bridgehead atoms. The Balaban J connectivity index is 1.46. The number of nitrogens with zero attached hydrogens (tertiary/aromatic N) is 5. The molecule has 0 radical (unpaired) electrons. The molecule has 4 heterocycles. The lowest BCUT2D eigenvalue weighted by molar-refractivity contribution is -0.137. The van der Waals surface area contributed by atoms with E-state index in [1.54, 1.807) is 12.3 Å². The Labute approximate surface area is 177 Å². The molecule has 2 amide bonds. The molecule has 1 fully saturated rings. The number of aryl methyl sites for hydroxylation is 2. The first-order valence-electron chi connectivity index (χ1n) is 10.7. The fourth-order valence-corrected chi connectivity index (χ4v) is 4.79. The number of aromatic nitrogens is 3. The Kier molecular flexibility index (Phi) is 5.26. The van der Waals surface area contributed by atoms with Gasteiger partial charge in [0.15, 0.2) is 0 Å². The van der Waals surface area contributed by atoms with Gasteiger partial charge in [0.25, 0.3) is 5.91 Å². The van der Waals surface area contributed by atoms with E-state index in [0.717, 1.165) is 23.8 Å². The molecule has 0 unspecified atom stereocenters. The van der Waals surface area contributed by atoms with Crippen LogP contribution in [0.3, 0.4) is 0 Å². The summed E-state index contributed by atoms with van der Waals surface area (Å²) in [7, 11) is 0. The van der Waals surface area contributed by atoms with Crippen molar-refractivity contribution >= 4 is 17.6 Å². The van der Waals surface area contributed by atoms with Crippen molar-refractivity contribution in [1.82, 2.24) is 25.0 Å². The number of carbonyl (C=O) groups excluding carboxylic acids is 2. The molecule has 2 aromatic heterocycles. The van der Waals surface area contributed by atoms with E-state index in [4.69, 9.17) is 0 Å². The summed E-state index contributed by atoms with van der Waals surface area (Å²) in [6, 6.07) is 5.63. The standard InChI is InChI=1S/C22H30N6O2/c1-5-27-19-18(7-6-10-23-19)20(29)24-22(27)8-11-26(12-9-22)21(30)15(2)14-28-17(4)13-16(3)25-28/h6-7,10,13,15H,5,8-9,11-12,14H2,1-4H3,(H,24,29)/t15-/m1/s1. The second kappa shape index (κ2) is 7.74. The first kappa shape index (κ1) is 20.4. The Morgan fingerprint density at radius 1 is 1.30 bits per heavy atom. The minimum absolute atomic E-state index is 0.0829. The number of piperidine rings is 1. The zero-order valence-corrected chi connectivity index (χ0v) is 18.2. The second-order valence-electron chi connectivity index (χ2n) is 8.44. The van der Waals surface area contributed by atoms with Gasteiger partial charge in [0.1, 0.15) is 11.5 Å². The van der Waals surface area contributed by atoms with Crippen LogP contribution in [0.5, 0.6) is 0 Å². The Bertz CT molecular complexity index is 960. The van der Waals surface area contributed by atoms with E-state index in [9.17, 15) is 9.59 Å². The van der Waals surface area contributed by atoms with Gasteiger partial charge in [-0.3, -0.25) is 14.3 Å². The predicted octanol–water partition coefficient (Wildman–Crippen LogP) is 2.12. The van der Waals surface area contributed by atoms with Crippen molar-refractivity contribution in [3.63, 3.8) is 0 Å². The van der Waals surface area contributed by atoms with Crippen molar-refractivity contribution in [2.45, 2.75) is 52.7 Å². The average Bonchev–Trinajstić information content (AvgIpc) is 3.05. The van der Waals surface area contributed by atoms with Crippen molar-refractivity contribution in [2.75, 3.05) is 24.5 Å². The summed E-state index contributed by atoms with van der Waals surface area (Å²) in [6.45, 7) is 10.6.